The number of fused-ring (bicyclic) bond motifs is 1. The summed E-state index contributed by atoms with van der Waals surface area (Å²) in [5, 5.41) is 13.5. The molecule has 4 N–H and O–H groups in total. The van der Waals surface area contributed by atoms with Crippen LogP contribution < -0.4 is 16.0 Å². The zero-order valence-electron chi connectivity index (χ0n) is 20.4. The molecule has 37 heavy (non-hydrogen) atoms. The number of aliphatic hydroxyl groups excluding tert-OH is 1. The number of furan rings is 1. The SMILES string of the molecule is NCCCCC(=O)Nc1ccc(-c2oc3ncnc(N4CCC(O)CC4)c3c2-c2ccc(F)cc2)cn1. The molecule has 192 valence electrons. The van der Waals surface area contributed by atoms with Crippen LogP contribution >= 0.6 is 0 Å². The van der Waals surface area contributed by atoms with Gasteiger partial charge >= 0.3 is 0 Å². The maximum absolute atomic E-state index is 13.8. The molecule has 9 nitrogen and oxygen atoms in total. The largest absolute Gasteiger partial charge is 0.437 e. The van der Waals surface area contributed by atoms with Gasteiger partial charge in [0.25, 0.3) is 0 Å². The molecular formula is C27H29FN6O3. The molecule has 4 aromatic rings. The molecule has 0 saturated carbocycles. The van der Waals surface area contributed by atoms with Crippen molar-refractivity contribution in [1.29, 1.82) is 0 Å². The number of pyridine rings is 1. The Morgan fingerprint density at radius 1 is 1.08 bits per heavy atom. The molecule has 1 aliphatic rings. The summed E-state index contributed by atoms with van der Waals surface area (Å²) in [6.07, 6.45) is 5.96. The van der Waals surface area contributed by atoms with Crippen LogP contribution in [0.15, 0.2) is 53.3 Å². The van der Waals surface area contributed by atoms with E-state index in [9.17, 15) is 14.3 Å². The maximum Gasteiger partial charge on any atom is 0.232 e. The lowest BCUT2D eigenvalue weighted by atomic mass is 9.99. The Balaban J connectivity index is 1.54. The molecule has 1 saturated heterocycles. The first-order chi connectivity index (χ1) is 18.0. The highest BCUT2D eigenvalue weighted by molar-refractivity contribution is 6.06. The molecule has 1 aliphatic heterocycles. The number of piperidine rings is 1. The van der Waals surface area contributed by atoms with Gasteiger partial charge in [0.1, 0.15) is 29.5 Å². The van der Waals surface area contributed by atoms with Crippen LogP contribution in [0.3, 0.4) is 0 Å². The quantitative estimate of drug-likeness (QED) is 0.306. The summed E-state index contributed by atoms with van der Waals surface area (Å²) in [4.78, 5) is 27.6. The number of nitrogens with one attached hydrogen (secondary N) is 1. The van der Waals surface area contributed by atoms with Crippen molar-refractivity contribution >= 4 is 28.6 Å². The minimum atomic E-state index is -0.340. The summed E-state index contributed by atoms with van der Waals surface area (Å²) in [5.74, 6) is 1.21. The molecule has 1 fully saturated rings. The second-order valence-electron chi connectivity index (χ2n) is 9.13. The Labute approximate surface area is 213 Å². The number of benzene rings is 1. The molecule has 0 atom stereocenters. The van der Waals surface area contributed by atoms with Crippen LogP contribution in [0.25, 0.3) is 33.6 Å². The molecule has 3 aromatic heterocycles. The van der Waals surface area contributed by atoms with E-state index in [0.717, 1.165) is 29.4 Å². The van der Waals surface area contributed by atoms with E-state index in [0.29, 0.717) is 67.6 Å². The molecule has 4 heterocycles. The van der Waals surface area contributed by atoms with E-state index < -0.39 is 0 Å². The van der Waals surface area contributed by atoms with Crippen LogP contribution in [0, 0.1) is 5.82 Å². The minimum Gasteiger partial charge on any atom is -0.437 e. The number of hydrogen-bond donors (Lipinski definition) is 3. The van der Waals surface area contributed by atoms with Crippen LogP contribution in [0.5, 0.6) is 0 Å². The van der Waals surface area contributed by atoms with Crippen LogP contribution in [0.4, 0.5) is 16.0 Å². The Kier molecular flexibility index (Phi) is 7.38. The number of hydrogen-bond acceptors (Lipinski definition) is 8. The first-order valence-electron chi connectivity index (χ1n) is 12.5. The van der Waals surface area contributed by atoms with E-state index in [1.165, 1.54) is 18.5 Å². The van der Waals surface area contributed by atoms with E-state index in [4.69, 9.17) is 10.2 Å². The lowest BCUT2D eigenvalue weighted by Crippen LogP contribution is -2.36. The van der Waals surface area contributed by atoms with Crippen molar-refractivity contribution in [1.82, 2.24) is 15.0 Å². The van der Waals surface area contributed by atoms with Crippen LogP contribution in [-0.4, -0.2) is 51.7 Å². The molecule has 10 heteroatoms. The van der Waals surface area contributed by atoms with Gasteiger partial charge in [0, 0.05) is 36.8 Å². The van der Waals surface area contributed by atoms with Crippen molar-refractivity contribution in [3.63, 3.8) is 0 Å². The number of amides is 1. The van der Waals surface area contributed by atoms with Crippen LogP contribution in [0.2, 0.25) is 0 Å². The lowest BCUT2D eigenvalue weighted by molar-refractivity contribution is -0.116. The smallest absolute Gasteiger partial charge is 0.232 e. The van der Waals surface area contributed by atoms with Crippen molar-refractivity contribution in [2.24, 2.45) is 5.73 Å². The van der Waals surface area contributed by atoms with Gasteiger partial charge in [-0.1, -0.05) is 12.1 Å². The van der Waals surface area contributed by atoms with Gasteiger partial charge < -0.3 is 25.5 Å². The molecule has 0 bridgehead atoms. The van der Waals surface area contributed by atoms with Gasteiger partial charge in [-0.25, -0.2) is 19.3 Å². The molecule has 0 spiro atoms. The zero-order valence-corrected chi connectivity index (χ0v) is 20.4. The molecule has 0 aliphatic carbocycles. The van der Waals surface area contributed by atoms with Crippen molar-refractivity contribution < 1.29 is 18.7 Å². The standard InChI is InChI=1S/C27H29FN6O3/c28-19-7-4-17(5-8-19)23-24-26(34-13-10-20(35)11-14-34)31-16-32-27(24)37-25(23)18-6-9-21(30-15-18)33-22(36)3-1-2-12-29/h4-9,15-16,20,35H,1-3,10-14,29H2,(H,30,33,36). The monoisotopic (exact) mass is 504 g/mol. The van der Waals surface area contributed by atoms with Crippen molar-refractivity contribution in [2.75, 3.05) is 29.9 Å². The topological polar surface area (TPSA) is 130 Å². The van der Waals surface area contributed by atoms with Crippen molar-refractivity contribution in [3.05, 3.63) is 54.7 Å². The molecule has 0 radical (unpaired) electrons. The molecule has 5 rings (SSSR count). The van der Waals surface area contributed by atoms with Crippen molar-refractivity contribution in [2.45, 2.75) is 38.2 Å². The van der Waals surface area contributed by atoms with Gasteiger partial charge in [-0.3, -0.25) is 4.79 Å². The molecule has 1 aromatic carbocycles. The number of aliphatic hydroxyl groups is 1. The Hall–Kier alpha value is -3.89. The molecule has 1 amide bonds. The number of nitrogens with zero attached hydrogens (tertiary/aromatic N) is 4. The Bertz CT molecular complexity index is 1370. The first kappa shape index (κ1) is 24.8. The highest BCUT2D eigenvalue weighted by atomic mass is 19.1. The number of aromatic nitrogens is 3. The summed E-state index contributed by atoms with van der Waals surface area (Å²) in [6, 6.07) is 9.74. The number of rotatable bonds is 8. The van der Waals surface area contributed by atoms with Crippen LogP contribution in [0.1, 0.15) is 32.1 Å². The van der Waals surface area contributed by atoms with Gasteiger partial charge in [0.15, 0.2) is 0 Å². The van der Waals surface area contributed by atoms with E-state index >= 15 is 0 Å². The van der Waals surface area contributed by atoms with E-state index in [1.54, 1.807) is 24.4 Å². The average Bonchev–Trinajstić information content (AvgIpc) is 3.30. The average molecular weight is 505 g/mol. The fraction of sp³-hybridized carbons (Fsp3) is 0.333. The molecule has 0 unspecified atom stereocenters. The van der Waals surface area contributed by atoms with Gasteiger partial charge in [-0.2, -0.15) is 0 Å². The lowest BCUT2D eigenvalue weighted by Gasteiger charge is -2.30. The second kappa shape index (κ2) is 11.0. The third-order valence-corrected chi connectivity index (χ3v) is 6.52. The highest BCUT2D eigenvalue weighted by Crippen LogP contribution is 2.43. The Morgan fingerprint density at radius 3 is 2.54 bits per heavy atom. The van der Waals surface area contributed by atoms with Crippen molar-refractivity contribution in [3.8, 4) is 22.5 Å². The van der Waals surface area contributed by atoms with E-state index in [2.05, 4.69) is 25.2 Å². The number of anilines is 2. The summed E-state index contributed by atoms with van der Waals surface area (Å²) >= 11 is 0. The second-order valence-corrected chi connectivity index (χ2v) is 9.13. The van der Waals surface area contributed by atoms with E-state index in [-0.39, 0.29) is 17.8 Å². The highest BCUT2D eigenvalue weighted by Gasteiger charge is 2.27. The maximum atomic E-state index is 13.8. The first-order valence-corrected chi connectivity index (χ1v) is 12.5. The normalized spacial score (nSPS) is 14.3. The molecular weight excluding hydrogens is 475 g/mol. The third-order valence-electron chi connectivity index (χ3n) is 6.52. The number of carbonyl (C=O) groups excluding carboxylic acids is 1. The summed E-state index contributed by atoms with van der Waals surface area (Å²) in [5.41, 5.74) is 8.06. The van der Waals surface area contributed by atoms with Gasteiger partial charge in [-0.15, -0.1) is 0 Å². The zero-order chi connectivity index (χ0) is 25.8. The van der Waals surface area contributed by atoms with E-state index in [1.807, 2.05) is 6.07 Å². The Morgan fingerprint density at radius 2 is 1.84 bits per heavy atom. The van der Waals surface area contributed by atoms with Gasteiger partial charge in [-0.05, 0) is 62.1 Å². The summed E-state index contributed by atoms with van der Waals surface area (Å²) in [7, 11) is 0. The minimum absolute atomic E-state index is 0.115. The summed E-state index contributed by atoms with van der Waals surface area (Å²) < 4.78 is 20.0. The predicted molar refractivity (Wildman–Crippen MR) is 139 cm³/mol. The predicted octanol–water partition coefficient (Wildman–Crippen LogP) is 4.12. The summed E-state index contributed by atoms with van der Waals surface area (Å²) in [6.45, 7) is 1.86. The fourth-order valence-electron chi connectivity index (χ4n) is 4.57. The van der Waals surface area contributed by atoms with Gasteiger partial charge in [0.2, 0.25) is 11.6 Å². The number of halogens is 1. The van der Waals surface area contributed by atoms with Crippen LogP contribution in [-0.2, 0) is 4.79 Å². The third kappa shape index (κ3) is 5.45. The number of nitrogens with two attached hydrogens (primary N) is 1. The fourth-order valence-corrected chi connectivity index (χ4v) is 4.57. The number of carbonyl (C=O) groups is 1. The van der Waals surface area contributed by atoms with Gasteiger partial charge in [0.05, 0.1) is 11.5 Å². The number of unbranched alkanes of at least 4 members (excludes halogenated alkanes) is 1.